The number of rotatable bonds is 4. The normalized spacial score (nSPS) is 33.5. The van der Waals surface area contributed by atoms with Gasteiger partial charge in [-0.2, -0.15) is 0 Å². The van der Waals surface area contributed by atoms with Crippen molar-refractivity contribution in [3.8, 4) is 0 Å². The Bertz CT molecular complexity index is 196. The Hall–Kier alpha value is -0.610. The van der Waals surface area contributed by atoms with Crippen LogP contribution in [-0.2, 0) is 4.79 Å². The maximum atomic E-state index is 10.9. The van der Waals surface area contributed by atoms with Gasteiger partial charge in [-0.15, -0.1) is 0 Å². The van der Waals surface area contributed by atoms with Gasteiger partial charge in [0.15, 0.2) is 0 Å². The fraction of sp³-hybridized carbons (Fsp3) is 0.889. The highest BCUT2D eigenvalue weighted by atomic mass is 16.4. The highest BCUT2D eigenvalue weighted by molar-refractivity contribution is 5.80. The number of carbonyl (C=O) groups is 1. The second kappa shape index (κ2) is 4.07. The fourth-order valence-electron chi connectivity index (χ4n) is 1.83. The van der Waals surface area contributed by atoms with Crippen molar-refractivity contribution in [1.29, 1.82) is 0 Å². The molecule has 0 aliphatic carbocycles. The molecule has 4 heteroatoms. The molecule has 0 saturated carbocycles. The molecule has 1 rings (SSSR count). The summed E-state index contributed by atoms with van der Waals surface area (Å²) in [5, 5.41) is 12.1. The Labute approximate surface area is 78.5 Å². The minimum Gasteiger partial charge on any atom is -0.480 e. The van der Waals surface area contributed by atoms with Crippen molar-refractivity contribution in [3.05, 3.63) is 0 Å². The van der Waals surface area contributed by atoms with Crippen LogP contribution in [-0.4, -0.2) is 29.2 Å². The quantitative estimate of drug-likeness (QED) is 0.591. The summed E-state index contributed by atoms with van der Waals surface area (Å²) in [6.45, 7) is 2.81. The SMILES string of the molecule is CCCC[C@H]1NCC[C@@]1(N)C(=O)O. The second-order valence-electron chi connectivity index (χ2n) is 3.74. The molecule has 4 N–H and O–H groups in total. The topological polar surface area (TPSA) is 75.3 Å². The lowest BCUT2D eigenvalue weighted by Crippen LogP contribution is -2.56. The number of nitrogens with one attached hydrogen (secondary N) is 1. The minimum absolute atomic E-state index is 0.0510. The highest BCUT2D eigenvalue weighted by Crippen LogP contribution is 2.22. The number of carboxylic acids is 1. The number of carboxylic acid groups (broad SMARTS) is 1. The van der Waals surface area contributed by atoms with E-state index < -0.39 is 11.5 Å². The first-order chi connectivity index (χ1) is 6.11. The van der Waals surface area contributed by atoms with Gasteiger partial charge in [-0.05, 0) is 19.4 Å². The van der Waals surface area contributed by atoms with E-state index in [1.54, 1.807) is 0 Å². The Morgan fingerprint density at radius 2 is 2.46 bits per heavy atom. The summed E-state index contributed by atoms with van der Waals surface area (Å²) < 4.78 is 0. The third-order valence-electron chi connectivity index (χ3n) is 2.80. The van der Waals surface area contributed by atoms with Crippen LogP contribution in [0.3, 0.4) is 0 Å². The molecule has 0 bridgehead atoms. The van der Waals surface area contributed by atoms with Crippen LogP contribution < -0.4 is 11.1 Å². The monoisotopic (exact) mass is 186 g/mol. The predicted octanol–water partition coefficient (Wildman–Crippen LogP) is 0.321. The van der Waals surface area contributed by atoms with E-state index in [0.717, 1.165) is 25.8 Å². The molecule has 0 spiro atoms. The molecular weight excluding hydrogens is 168 g/mol. The first-order valence-electron chi connectivity index (χ1n) is 4.87. The lowest BCUT2D eigenvalue weighted by atomic mass is 9.89. The second-order valence-corrected chi connectivity index (χ2v) is 3.74. The molecule has 0 aromatic carbocycles. The molecule has 0 amide bonds. The number of aliphatic carboxylic acids is 1. The van der Waals surface area contributed by atoms with E-state index in [-0.39, 0.29) is 6.04 Å². The molecule has 1 aliphatic rings. The first kappa shape index (κ1) is 10.5. The van der Waals surface area contributed by atoms with Crippen LogP contribution in [0.5, 0.6) is 0 Å². The molecule has 0 unspecified atom stereocenters. The van der Waals surface area contributed by atoms with Crippen LogP contribution in [0.1, 0.15) is 32.6 Å². The van der Waals surface area contributed by atoms with E-state index in [9.17, 15) is 4.79 Å². The lowest BCUT2D eigenvalue weighted by molar-refractivity contribution is -0.143. The molecule has 2 atom stereocenters. The number of hydrogen-bond acceptors (Lipinski definition) is 3. The maximum Gasteiger partial charge on any atom is 0.325 e. The Kier molecular flexibility index (Phi) is 3.27. The third-order valence-corrected chi connectivity index (χ3v) is 2.80. The Morgan fingerprint density at radius 1 is 1.77 bits per heavy atom. The lowest BCUT2D eigenvalue weighted by Gasteiger charge is -2.26. The predicted molar refractivity (Wildman–Crippen MR) is 50.5 cm³/mol. The molecule has 13 heavy (non-hydrogen) atoms. The zero-order chi connectivity index (χ0) is 9.90. The van der Waals surface area contributed by atoms with Crippen molar-refractivity contribution in [2.24, 2.45) is 5.73 Å². The zero-order valence-corrected chi connectivity index (χ0v) is 8.05. The number of unbranched alkanes of at least 4 members (excludes halogenated alkanes) is 1. The molecule has 1 saturated heterocycles. The average Bonchev–Trinajstić information content (AvgIpc) is 2.45. The maximum absolute atomic E-state index is 10.9. The van der Waals surface area contributed by atoms with E-state index in [0.29, 0.717) is 6.42 Å². The largest absolute Gasteiger partial charge is 0.480 e. The van der Waals surface area contributed by atoms with Crippen LogP contribution in [0.4, 0.5) is 0 Å². The summed E-state index contributed by atoms with van der Waals surface area (Å²) >= 11 is 0. The summed E-state index contributed by atoms with van der Waals surface area (Å²) in [6, 6.07) is -0.0510. The van der Waals surface area contributed by atoms with Crippen molar-refractivity contribution < 1.29 is 9.90 Å². The van der Waals surface area contributed by atoms with E-state index in [1.165, 1.54) is 0 Å². The fourth-order valence-corrected chi connectivity index (χ4v) is 1.83. The molecule has 0 aromatic heterocycles. The summed E-state index contributed by atoms with van der Waals surface area (Å²) in [6.07, 6.45) is 3.51. The first-order valence-corrected chi connectivity index (χ1v) is 4.87. The van der Waals surface area contributed by atoms with Crippen LogP contribution in [0.25, 0.3) is 0 Å². The molecule has 1 fully saturated rings. The average molecular weight is 186 g/mol. The Balaban J connectivity index is 2.57. The minimum atomic E-state index is -1.03. The number of hydrogen-bond donors (Lipinski definition) is 3. The van der Waals surface area contributed by atoms with Gasteiger partial charge in [0, 0.05) is 6.04 Å². The number of nitrogens with two attached hydrogens (primary N) is 1. The van der Waals surface area contributed by atoms with Crippen molar-refractivity contribution in [2.45, 2.75) is 44.2 Å². The molecule has 0 aromatic rings. The molecule has 1 aliphatic heterocycles. The summed E-state index contributed by atoms with van der Waals surface area (Å²) in [5.41, 5.74) is 4.79. The van der Waals surface area contributed by atoms with Gasteiger partial charge in [-0.25, -0.2) is 0 Å². The van der Waals surface area contributed by atoms with Gasteiger partial charge in [0.2, 0.25) is 0 Å². The summed E-state index contributed by atoms with van der Waals surface area (Å²) in [7, 11) is 0. The van der Waals surface area contributed by atoms with Crippen molar-refractivity contribution in [1.82, 2.24) is 5.32 Å². The van der Waals surface area contributed by atoms with Crippen LogP contribution in [0, 0.1) is 0 Å². The third kappa shape index (κ3) is 2.00. The summed E-state index contributed by atoms with van der Waals surface area (Å²) in [5.74, 6) is -0.876. The van der Waals surface area contributed by atoms with Gasteiger partial charge < -0.3 is 16.2 Å². The van der Waals surface area contributed by atoms with Crippen LogP contribution >= 0.6 is 0 Å². The van der Waals surface area contributed by atoms with Gasteiger partial charge in [0.25, 0.3) is 0 Å². The van der Waals surface area contributed by atoms with Crippen molar-refractivity contribution in [2.75, 3.05) is 6.54 Å². The van der Waals surface area contributed by atoms with Gasteiger partial charge in [0.1, 0.15) is 5.54 Å². The molecule has 1 heterocycles. The van der Waals surface area contributed by atoms with Crippen molar-refractivity contribution >= 4 is 5.97 Å². The van der Waals surface area contributed by atoms with E-state index in [1.807, 2.05) is 0 Å². The molecule has 4 nitrogen and oxygen atoms in total. The molecule has 0 radical (unpaired) electrons. The van der Waals surface area contributed by atoms with Crippen LogP contribution in [0.15, 0.2) is 0 Å². The molecule has 76 valence electrons. The molecular formula is C9H18N2O2. The van der Waals surface area contributed by atoms with Crippen LogP contribution in [0.2, 0.25) is 0 Å². The van der Waals surface area contributed by atoms with Gasteiger partial charge in [-0.3, -0.25) is 4.79 Å². The Morgan fingerprint density at radius 3 is 3.00 bits per heavy atom. The van der Waals surface area contributed by atoms with E-state index in [2.05, 4.69) is 12.2 Å². The van der Waals surface area contributed by atoms with Gasteiger partial charge >= 0.3 is 5.97 Å². The standard InChI is InChI=1S/C9H18N2O2/c1-2-3-4-7-9(10,8(12)13)5-6-11-7/h7,11H,2-6,10H2,1H3,(H,12,13)/t7-,9+/m1/s1. The van der Waals surface area contributed by atoms with Gasteiger partial charge in [-0.1, -0.05) is 19.8 Å². The summed E-state index contributed by atoms with van der Waals surface area (Å²) in [4.78, 5) is 10.9. The smallest absolute Gasteiger partial charge is 0.325 e. The van der Waals surface area contributed by atoms with E-state index >= 15 is 0 Å². The zero-order valence-electron chi connectivity index (χ0n) is 8.05. The van der Waals surface area contributed by atoms with E-state index in [4.69, 9.17) is 10.8 Å². The van der Waals surface area contributed by atoms with Gasteiger partial charge in [0.05, 0.1) is 0 Å². The highest BCUT2D eigenvalue weighted by Gasteiger charge is 2.45. The van der Waals surface area contributed by atoms with Crippen molar-refractivity contribution in [3.63, 3.8) is 0 Å².